The summed E-state index contributed by atoms with van der Waals surface area (Å²) in [6.45, 7) is 9.93. The lowest BCUT2D eigenvalue weighted by molar-refractivity contribution is -0.153. The van der Waals surface area contributed by atoms with Crippen LogP contribution >= 0.6 is 0 Å². The summed E-state index contributed by atoms with van der Waals surface area (Å²) in [7, 11) is 0. The lowest BCUT2D eigenvalue weighted by Gasteiger charge is -2.38. The van der Waals surface area contributed by atoms with Gasteiger partial charge in [-0.25, -0.2) is 0 Å². The SMILES string of the molecule is CCOC(=O)[C@@H]1CCCC[C@@H]1N(CC(=O)NC(C)C)CC(=O)NC(C)C. The second kappa shape index (κ2) is 11.2. The number of nitrogens with one attached hydrogen (secondary N) is 2. The first-order chi connectivity index (χ1) is 12.2. The van der Waals surface area contributed by atoms with E-state index in [4.69, 9.17) is 4.74 Å². The molecule has 0 aromatic carbocycles. The smallest absolute Gasteiger partial charge is 0.310 e. The first-order valence-electron chi connectivity index (χ1n) is 9.74. The van der Waals surface area contributed by atoms with E-state index in [0.717, 1.165) is 25.7 Å². The number of carbonyl (C=O) groups is 3. The summed E-state index contributed by atoms with van der Waals surface area (Å²) in [6.07, 6.45) is 3.46. The van der Waals surface area contributed by atoms with Crippen LogP contribution in [0.3, 0.4) is 0 Å². The highest BCUT2D eigenvalue weighted by molar-refractivity contribution is 5.82. The Kier molecular flexibility index (Phi) is 9.62. The van der Waals surface area contributed by atoms with Gasteiger partial charge in [0.05, 0.1) is 25.6 Å². The summed E-state index contributed by atoms with van der Waals surface area (Å²) in [6, 6.07) is -0.0966. The molecule has 1 aliphatic carbocycles. The van der Waals surface area contributed by atoms with Crippen molar-refractivity contribution in [2.45, 2.75) is 78.4 Å². The number of esters is 1. The largest absolute Gasteiger partial charge is 0.466 e. The van der Waals surface area contributed by atoms with Crippen LogP contribution < -0.4 is 10.6 Å². The zero-order valence-electron chi connectivity index (χ0n) is 16.8. The second-order valence-corrected chi connectivity index (χ2v) is 7.56. The molecule has 0 unspecified atom stereocenters. The molecule has 0 radical (unpaired) electrons. The molecule has 0 saturated heterocycles. The van der Waals surface area contributed by atoms with Gasteiger partial charge in [-0.15, -0.1) is 0 Å². The summed E-state index contributed by atoms with van der Waals surface area (Å²) in [5.74, 6) is -0.783. The molecule has 0 aromatic heterocycles. The summed E-state index contributed by atoms with van der Waals surface area (Å²) >= 11 is 0. The summed E-state index contributed by atoms with van der Waals surface area (Å²) < 4.78 is 5.23. The number of nitrogens with zero attached hydrogens (tertiary/aromatic N) is 1. The minimum atomic E-state index is -0.289. The fourth-order valence-corrected chi connectivity index (χ4v) is 3.47. The van der Waals surface area contributed by atoms with Crippen LogP contribution in [0.2, 0.25) is 0 Å². The van der Waals surface area contributed by atoms with Crippen molar-refractivity contribution >= 4 is 17.8 Å². The molecule has 7 nitrogen and oxygen atoms in total. The van der Waals surface area contributed by atoms with Gasteiger partial charge < -0.3 is 15.4 Å². The predicted octanol–water partition coefficient (Wildman–Crippen LogP) is 1.46. The lowest BCUT2D eigenvalue weighted by Crippen LogP contribution is -2.53. The van der Waals surface area contributed by atoms with Gasteiger partial charge in [-0.05, 0) is 47.5 Å². The van der Waals surface area contributed by atoms with Crippen molar-refractivity contribution in [2.24, 2.45) is 5.92 Å². The fourth-order valence-electron chi connectivity index (χ4n) is 3.47. The van der Waals surface area contributed by atoms with E-state index in [1.165, 1.54) is 0 Å². The minimum absolute atomic E-state index is 0.0288. The van der Waals surface area contributed by atoms with E-state index in [0.29, 0.717) is 6.61 Å². The molecule has 1 rings (SSSR count). The van der Waals surface area contributed by atoms with Crippen LogP contribution in [0.5, 0.6) is 0 Å². The maximum absolute atomic E-state index is 12.4. The van der Waals surface area contributed by atoms with Gasteiger partial charge in [0.1, 0.15) is 0 Å². The standard InChI is InChI=1S/C19H35N3O4/c1-6-26-19(25)15-9-7-8-10-16(15)22(11-17(23)20-13(2)3)12-18(24)21-14(4)5/h13-16H,6-12H2,1-5H3,(H,20,23)(H,21,24)/t15-,16+/m1/s1. The number of ether oxygens (including phenoxy) is 1. The highest BCUT2D eigenvalue weighted by Crippen LogP contribution is 2.29. The van der Waals surface area contributed by atoms with Crippen LogP contribution in [-0.4, -0.2) is 60.5 Å². The zero-order chi connectivity index (χ0) is 19.7. The van der Waals surface area contributed by atoms with Crippen LogP contribution in [-0.2, 0) is 19.1 Å². The molecule has 2 N–H and O–H groups in total. The van der Waals surface area contributed by atoms with Gasteiger partial charge in [0.2, 0.25) is 11.8 Å². The second-order valence-electron chi connectivity index (χ2n) is 7.56. The van der Waals surface area contributed by atoms with Gasteiger partial charge in [-0.3, -0.25) is 19.3 Å². The third-order valence-electron chi connectivity index (χ3n) is 4.38. The first-order valence-corrected chi connectivity index (χ1v) is 9.74. The normalized spacial score (nSPS) is 20.3. The van der Waals surface area contributed by atoms with Crippen LogP contribution in [0, 0.1) is 5.92 Å². The Morgan fingerprint density at radius 2 is 1.46 bits per heavy atom. The van der Waals surface area contributed by atoms with Gasteiger partial charge in [0.15, 0.2) is 0 Å². The van der Waals surface area contributed by atoms with Crippen molar-refractivity contribution in [1.82, 2.24) is 15.5 Å². The molecule has 1 saturated carbocycles. The molecule has 0 bridgehead atoms. The molecule has 2 atom stereocenters. The average Bonchev–Trinajstić information content (AvgIpc) is 2.53. The first kappa shape index (κ1) is 22.4. The van der Waals surface area contributed by atoms with E-state index in [2.05, 4.69) is 10.6 Å². The van der Waals surface area contributed by atoms with Crippen molar-refractivity contribution in [3.05, 3.63) is 0 Å². The zero-order valence-corrected chi connectivity index (χ0v) is 16.8. The molecule has 0 spiro atoms. The molecule has 1 fully saturated rings. The van der Waals surface area contributed by atoms with E-state index in [9.17, 15) is 14.4 Å². The number of hydrogen-bond donors (Lipinski definition) is 2. The van der Waals surface area contributed by atoms with Crippen LogP contribution in [0.4, 0.5) is 0 Å². The Morgan fingerprint density at radius 3 is 1.92 bits per heavy atom. The van der Waals surface area contributed by atoms with Gasteiger partial charge in [-0.2, -0.15) is 0 Å². The Hall–Kier alpha value is -1.63. The molecular weight excluding hydrogens is 334 g/mol. The van der Waals surface area contributed by atoms with Gasteiger partial charge >= 0.3 is 5.97 Å². The minimum Gasteiger partial charge on any atom is -0.466 e. The maximum atomic E-state index is 12.4. The van der Waals surface area contributed by atoms with Crippen molar-refractivity contribution in [1.29, 1.82) is 0 Å². The topological polar surface area (TPSA) is 87.7 Å². The fraction of sp³-hybridized carbons (Fsp3) is 0.842. The molecule has 26 heavy (non-hydrogen) atoms. The number of amides is 2. The molecule has 0 aliphatic heterocycles. The molecule has 7 heteroatoms. The molecule has 1 aliphatic rings. The summed E-state index contributed by atoms with van der Waals surface area (Å²) in [4.78, 5) is 38.9. The van der Waals surface area contributed by atoms with E-state index < -0.39 is 0 Å². The maximum Gasteiger partial charge on any atom is 0.310 e. The number of hydrogen-bond acceptors (Lipinski definition) is 5. The lowest BCUT2D eigenvalue weighted by atomic mass is 9.83. The average molecular weight is 370 g/mol. The molecule has 0 aromatic rings. The van der Waals surface area contributed by atoms with E-state index >= 15 is 0 Å². The molecular formula is C19H35N3O4. The Bertz CT molecular complexity index is 455. The van der Waals surface area contributed by atoms with Crippen molar-refractivity contribution in [3.8, 4) is 0 Å². The van der Waals surface area contributed by atoms with Crippen LogP contribution in [0.1, 0.15) is 60.3 Å². The number of carbonyl (C=O) groups excluding carboxylic acids is 3. The van der Waals surface area contributed by atoms with Crippen molar-refractivity contribution in [3.63, 3.8) is 0 Å². The predicted molar refractivity (Wildman–Crippen MR) is 101 cm³/mol. The van der Waals surface area contributed by atoms with E-state index in [1.807, 2.05) is 32.6 Å². The Labute approximate surface area is 157 Å². The monoisotopic (exact) mass is 369 g/mol. The van der Waals surface area contributed by atoms with Crippen LogP contribution in [0.25, 0.3) is 0 Å². The van der Waals surface area contributed by atoms with Crippen molar-refractivity contribution in [2.75, 3.05) is 19.7 Å². The number of rotatable bonds is 9. The quantitative estimate of drug-likeness (QED) is 0.601. The van der Waals surface area contributed by atoms with E-state index in [-0.39, 0.29) is 54.9 Å². The Morgan fingerprint density at radius 1 is 0.962 bits per heavy atom. The molecule has 150 valence electrons. The van der Waals surface area contributed by atoms with Crippen molar-refractivity contribution < 1.29 is 19.1 Å². The molecule has 2 amide bonds. The Balaban J connectivity index is 2.93. The van der Waals surface area contributed by atoms with Gasteiger partial charge in [-0.1, -0.05) is 12.8 Å². The highest BCUT2D eigenvalue weighted by atomic mass is 16.5. The van der Waals surface area contributed by atoms with Gasteiger partial charge in [0, 0.05) is 18.1 Å². The third kappa shape index (κ3) is 7.72. The summed E-state index contributed by atoms with van der Waals surface area (Å²) in [5, 5.41) is 5.73. The third-order valence-corrected chi connectivity index (χ3v) is 4.38. The van der Waals surface area contributed by atoms with E-state index in [1.54, 1.807) is 6.92 Å². The molecule has 0 heterocycles. The van der Waals surface area contributed by atoms with Gasteiger partial charge in [0.25, 0.3) is 0 Å². The summed E-state index contributed by atoms with van der Waals surface area (Å²) in [5.41, 5.74) is 0. The van der Waals surface area contributed by atoms with Crippen LogP contribution in [0.15, 0.2) is 0 Å². The highest BCUT2D eigenvalue weighted by Gasteiger charge is 2.37.